The van der Waals surface area contributed by atoms with Crippen LogP contribution in [0.3, 0.4) is 0 Å². The van der Waals surface area contributed by atoms with Crippen LogP contribution in [0.15, 0.2) is 54.9 Å². The SMILES string of the molecule is c1ccc(CN2CCc3c(sc4c3c(NCc3cccnc3)nc3nnnn34)C2)cc1. The van der Waals surface area contributed by atoms with Gasteiger partial charge in [-0.3, -0.25) is 9.88 Å². The van der Waals surface area contributed by atoms with Crippen LogP contribution in [0.2, 0.25) is 0 Å². The standard InChI is InChI=1S/C22H20N8S/c1-2-5-15(6-3-1)13-29-10-8-17-18(14-29)31-21-19(17)20(25-22-26-27-28-30(21)22)24-12-16-7-4-9-23-11-16/h1-7,9,11H,8,10,12-14H2,(H,24,25,26,28). The summed E-state index contributed by atoms with van der Waals surface area (Å²) >= 11 is 1.77. The Labute approximate surface area is 182 Å². The van der Waals surface area contributed by atoms with E-state index in [-0.39, 0.29) is 0 Å². The zero-order valence-electron chi connectivity index (χ0n) is 16.8. The summed E-state index contributed by atoms with van der Waals surface area (Å²) in [7, 11) is 0. The Kier molecular flexibility index (Phi) is 4.54. The van der Waals surface area contributed by atoms with Crippen LogP contribution in [0.1, 0.15) is 21.6 Å². The van der Waals surface area contributed by atoms with E-state index in [0.717, 1.165) is 47.7 Å². The highest BCUT2D eigenvalue weighted by Gasteiger charge is 2.25. The summed E-state index contributed by atoms with van der Waals surface area (Å²) in [6, 6.07) is 14.6. The first-order valence-electron chi connectivity index (χ1n) is 10.3. The van der Waals surface area contributed by atoms with Gasteiger partial charge < -0.3 is 5.32 Å². The van der Waals surface area contributed by atoms with Crippen molar-refractivity contribution in [1.82, 2.24) is 34.9 Å². The molecule has 0 bridgehead atoms. The number of fused-ring (bicyclic) bond motifs is 5. The maximum absolute atomic E-state index is 4.73. The second-order valence-electron chi connectivity index (χ2n) is 7.70. The van der Waals surface area contributed by atoms with Crippen molar-refractivity contribution in [2.45, 2.75) is 26.1 Å². The lowest BCUT2D eigenvalue weighted by molar-refractivity contribution is 0.249. The monoisotopic (exact) mass is 428 g/mol. The Balaban J connectivity index is 1.37. The number of anilines is 1. The second-order valence-corrected chi connectivity index (χ2v) is 8.78. The first-order chi connectivity index (χ1) is 15.3. The molecule has 9 heteroatoms. The van der Waals surface area contributed by atoms with E-state index in [1.807, 2.05) is 12.3 Å². The number of aromatic nitrogens is 6. The van der Waals surface area contributed by atoms with Gasteiger partial charge in [0.05, 0.1) is 5.39 Å². The topological polar surface area (TPSA) is 84.1 Å². The highest BCUT2D eigenvalue weighted by atomic mass is 32.1. The summed E-state index contributed by atoms with van der Waals surface area (Å²) in [5.41, 5.74) is 3.81. The highest BCUT2D eigenvalue weighted by molar-refractivity contribution is 7.19. The molecule has 0 unspecified atom stereocenters. The first-order valence-corrected chi connectivity index (χ1v) is 11.1. The molecular formula is C22H20N8S. The van der Waals surface area contributed by atoms with E-state index in [1.165, 1.54) is 16.0 Å². The Morgan fingerprint density at radius 1 is 1.06 bits per heavy atom. The minimum absolute atomic E-state index is 0.515. The van der Waals surface area contributed by atoms with Crippen LogP contribution in [0.4, 0.5) is 5.82 Å². The lowest BCUT2D eigenvalue weighted by Crippen LogP contribution is -2.29. The van der Waals surface area contributed by atoms with Gasteiger partial charge in [-0.25, -0.2) is 0 Å². The number of benzene rings is 1. The van der Waals surface area contributed by atoms with Crippen LogP contribution in [-0.2, 0) is 26.1 Å². The van der Waals surface area contributed by atoms with Crippen LogP contribution in [-0.4, -0.2) is 41.5 Å². The van der Waals surface area contributed by atoms with Crippen LogP contribution in [0.5, 0.6) is 0 Å². The second kappa shape index (κ2) is 7.68. The molecule has 0 saturated heterocycles. The third kappa shape index (κ3) is 3.41. The van der Waals surface area contributed by atoms with Crippen LogP contribution < -0.4 is 5.32 Å². The minimum atomic E-state index is 0.515. The predicted molar refractivity (Wildman–Crippen MR) is 120 cm³/mol. The molecule has 0 radical (unpaired) electrons. The molecule has 31 heavy (non-hydrogen) atoms. The molecule has 1 aromatic carbocycles. The molecule has 0 saturated carbocycles. The van der Waals surface area contributed by atoms with Crippen molar-refractivity contribution in [2.24, 2.45) is 0 Å². The lowest BCUT2D eigenvalue weighted by atomic mass is 10.0. The number of hydrogen-bond donors (Lipinski definition) is 1. The van der Waals surface area contributed by atoms with Crippen molar-refractivity contribution in [3.05, 3.63) is 76.4 Å². The van der Waals surface area contributed by atoms with Gasteiger partial charge in [-0.1, -0.05) is 41.5 Å². The number of pyridine rings is 1. The molecule has 1 aliphatic rings. The Bertz CT molecular complexity index is 1350. The van der Waals surface area contributed by atoms with Crippen LogP contribution in [0.25, 0.3) is 16.0 Å². The van der Waals surface area contributed by atoms with Gasteiger partial charge in [0.25, 0.3) is 5.78 Å². The normalized spacial score (nSPS) is 14.2. The maximum atomic E-state index is 4.73. The highest BCUT2D eigenvalue weighted by Crippen LogP contribution is 2.38. The largest absolute Gasteiger partial charge is 0.365 e. The molecule has 4 aromatic heterocycles. The van der Waals surface area contributed by atoms with E-state index >= 15 is 0 Å². The van der Waals surface area contributed by atoms with E-state index < -0.39 is 0 Å². The van der Waals surface area contributed by atoms with Gasteiger partial charge in [0.1, 0.15) is 10.6 Å². The van der Waals surface area contributed by atoms with Gasteiger partial charge in [0.15, 0.2) is 0 Å². The minimum Gasteiger partial charge on any atom is -0.365 e. The van der Waals surface area contributed by atoms with E-state index in [4.69, 9.17) is 4.98 Å². The summed E-state index contributed by atoms with van der Waals surface area (Å²) in [5, 5.41) is 16.8. The fourth-order valence-electron chi connectivity index (χ4n) is 4.17. The average Bonchev–Trinajstić information content (AvgIpc) is 3.43. The molecule has 5 aromatic rings. The first kappa shape index (κ1) is 18.3. The third-order valence-corrected chi connectivity index (χ3v) is 6.84. The van der Waals surface area contributed by atoms with Gasteiger partial charge in [-0.15, -0.1) is 11.3 Å². The molecule has 0 spiro atoms. The lowest BCUT2D eigenvalue weighted by Gasteiger charge is -2.27. The summed E-state index contributed by atoms with van der Waals surface area (Å²) in [6.45, 7) is 3.55. The quantitative estimate of drug-likeness (QED) is 0.460. The molecule has 0 amide bonds. The van der Waals surface area contributed by atoms with Crippen molar-refractivity contribution in [1.29, 1.82) is 0 Å². The summed E-state index contributed by atoms with van der Waals surface area (Å²) < 4.78 is 1.76. The molecule has 1 aliphatic heterocycles. The molecule has 0 aliphatic carbocycles. The van der Waals surface area contributed by atoms with Crippen molar-refractivity contribution in [2.75, 3.05) is 11.9 Å². The molecule has 6 rings (SSSR count). The van der Waals surface area contributed by atoms with Gasteiger partial charge in [0.2, 0.25) is 0 Å². The average molecular weight is 429 g/mol. The van der Waals surface area contributed by atoms with Crippen molar-refractivity contribution in [3.63, 3.8) is 0 Å². The predicted octanol–water partition coefficient (Wildman–Crippen LogP) is 3.30. The summed E-state index contributed by atoms with van der Waals surface area (Å²) in [5.74, 6) is 1.36. The molecule has 5 heterocycles. The Morgan fingerprint density at radius 2 is 1.97 bits per heavy atom. The van der Waals surface area contributed by atoms with E-state index in [0.29, 0.717) is 12.3 Å². The zero-order chi connectivity index (χ0) is 20.6. The van der Waals surface area contributed by atoms with Gasteiger partial charge >= 0.3 is 0 Å². The molecule has 0 atom stereocenters. The van der Waals surface area contributed by atoms with Gasteiger partial charge in [-0.05, 0) is 39.6 Å². The van der Waals surface area contributed by atoms with E-state index in [1.54, 1.807) is 22.0 Å². The van der Waals surface area contributed by atoms with E-state index in [9.17, 15) is 0 Å². The Morgan fingerprint density at radius 3 is 2.84 bits per heavy atom. The molecule has 1 N–H and O–H groups in total. The van der Waals surface area contributed by atoms with Gasteiger partial charge in [0, 0.05) is 43.4 Å². The van der Waals surface area contributed by atoms with Crippen molar-refractivity contribution >= 4 is 33.1 Å². The Hall–Kier alpha value is -3.43. The number of nitrogens with zero attached hydrogens (tertiary/aromatic N) is 7. The number of thiophene rings is 1. The fraction of sp³-hybridized carbons (Fsp3) is 0.227. The molecule has 154 valence electrons. The molecular weight excluding hydrogens is 408 g/mol. The van der Waals surface area contributed by atoms with Crippen LogP contribution in [0, 0.1) is 0 Å². The number of hydrogen-bond acceptors (Lipinski definition) is 8. The smallest absolute Gasteiger partial charge is 0.276 e. The van der Waals surface area contributed by atoms with Crippen molar-refractivity contribution in [3.8, 4) is 0 Å². The fourth-order valence-corrected chi connectivity index (χ4v) is 5.50. The van der Waals surface area contributed by atoms with Crippen molar-refractivity contribution < 1.29 is 0 Å². The maximum Gasteiger partial charge on any atom is 0.276 e. The van der Waals surface area contributed by atoms with E-state index in [2.05, 4.69) is 67.1 Å². The summed E-state index contributed by atoms with van der Waals surface area (Å²) in [4.78, 5) is 13.9. The number of tetrazole rings is 1. The zero-order valence-corrected chi connectivity index (χ0v) is 17.6. The molecule has 0 fully saturated rings. The van der Waals surface area contributed by atoms with Gasteiger partial charge in [-0.2, -0.15) is 9.50 Å². The number of nitrogens with one attached hydrogen (secondary N) is 1. The van der Waals surface area contributed by atoms with Crippen LogP contribution >= 0.6 is 11.3 Å². The number of rotatable bonds is 5. The summed E-state index contributed by atoms with van der Waals surface area (Å²) in [6.07, 6.45) is 4.63. The molecule has 8 nitrogen and oxygen atoms in total. The third-order valence-electron chi connectivity index (χ3n) is 5.64.